The van der Waals surface area contributed by atoms with Crippen molar-refractivity contribution < 1.29 is 19.4 Å². The van der Waals surface area contributed by atoms with Crippen molar-refractivity contribution in [2.45, 2.75) is 37.8 Å². The van der Waals surface area contributed by atoms with Gasteiger partial charge >= 0.3 is 5.97 Å². The fourth-order valence-corrected chi connectivity index (χ4v) is 2.88. The molecule has 0 unspecified atom stereocenters. The monoisotopic (exact) mass is 340 g/mol. The minimum Gasteiger partial charge on any atom is -0.481 e. The van der Waals surface area contributed by atoms with Gasteiger partial charge in [-0.2, -0.15) is 0 Å². The molecule has 1 saturated carbocycles. The predicted octanol–water partition coefficient (Wildman–Crippen LogP) is 2.79. The maximum Gasteiger partial charge on any atom is 0.305 e. The molecule has 0 saturated heterocycles. The quantitative estimate of drug-likeness (QED) is 0.809. The number of carboxylic acids is 1. The summed E-state index contributed by atoms with van der Waals surface area (Å²) < 4.78 is 5.59. The van der Waals surface area contributed by atoms with E-state index in [4.69, 9.17) is 9.84 Å². The van der Waals surface area contributed by atoms with Crippen LogP contribution < -0.4 is 10.1 Å². The van der Waals surface area contributed by atoms with Crippen LogP contribution in [0.5, 0.6) is 5.88 Å². The standard InChI is InChI=1S/C19H20N2O4/c22-17(23)11-19(9-4-10-19)21-18(24)15-7-8-16(20-12-15)25-13-14-5-2-1-3-6-14/h1-3,5-8,12H,4,9-11,13H2,(H,21,24)(H,22,23). The maximum absolute atomic E-state index is 12.3. The Balaban J connectivity index is 1.58. The lowest BCUT2D eigenvalue weighted by molar-refractivity contribution is -0.139. The smallest absolute Gasteiger partial charge is 0.305 e. The van der Waals surface area contributed by atoms with E-state index >= 15 is 0 Å². The Morgan fingerprint density at radius 3 is 2.48 bits per heavy atom. The first-order valence-electron chi connectivity index (χ1n) is 8.23. The number of pyridine rings is 1. The van der Waals surface area contributed by atoms with Crippen LogP contribution in [0.1, 0.15) is 41.6 Å². The third kappa shape index (κ3) is 4.35. The second kappa shape index (κ2) is 7.34. The second-order valence-electron chi connectivity index (χ2n) is 6.32. The largest absolute Gasteiger partial charge is 0.481 e. The lowest BCUT2D eigenvalue weighted by atomic mass is 9.74. The van der Waals surface area contributed by atoms with Gasteiger partial charge < -0.3 is 15.2 Å². The maximum atomic E-state index is 12.3. The average molecular weight is 340 g/mol. The zero-order chi connectivity index (χ0) is 17.7. The average Bonchev–Trinajstić information content (AvgIpc) is 2.59. The molecule has 0 spiro atoms. The van der Waals surface area contributed by atoms with Gasteiger partial charge in [0.2, 0.25) is 5.88 Å². The number of carboxylic acid groups (broad SMARTS) is 1. The molecule has 3 rings (SSSR count). The Hall–Kier alpha value is -2.89. The summed E-state index contributed by atoms with van der Waals surface area (Å²) in [7, 11) is 0. The van der Waals surface area contributed by atoms with E-state index in [1.54, 1.807) is 12.1 Å². The number of amides is 1. The zero-order valence-electron chi connectivity index (χ0n) is 13.8. The summed E-state index contributed by atoms with van der Waals surface area (Å²) >= 11 is 0. The van der Waals surface area contributed by atoms with Crippen molar-refractivity contribution in [1.29, 1.82) is 0 Å². The van der Waals surface area contributed by atoms with E-state index < -0.39 is 11.5 Å². The highest BCUT2D eigenvalue weighted by atomic mass is 16.5. The summed E-state index contributed by atoms with van der Waals surface area (Å²) in [5.41, 5.74) is 0.807. The lowest BCUT2D eigenvalue weighted by Crippen LogP contribution is -2.54. The van der Waals surface area contributed by atoms with Crippen LogP contribution in [0.25, 0.3) is 0 Å². The van der Waals surface area contributed by atoms with E-state index in [0.29, 0.717) is 30.9 Å². The third-order valence-corrected chi connectivity index (χ3v) is 4.41. The topological polar surface area (TPSA) is 88.5 Å². The number of ether oxygens (including phenoxy) is 1. The summed E-state index contributed by atoms with van der Waals surface area (Å²) in [6.45, 7) is 0.404. The molecular formula is C19H20N2O4. The number of aromatic nitrogens is 1. The number of carbonyl (C=O) groups excluding carboxylic acids is 1. The molecule has 0 bridgehead atoms. The van der Waals surface area contributed by atoms with Crippen LogP contribution in [0, 0.1) is 0 Å². The minimum absolute atomic E-state index is 0.0512. The fraction of sp³-hybridized carbons (Fsp3) is 0.316. The number of carbonyl (C=O) groups is 2. The number of hydrogen-bond acceptors (Lipinski definition) is 4. The molecule has 6 heteroatoms. The molecule has 1 aliphatic carbocycles. The van der Waals surface area contributed by atoms with E-state index in [9.17, 15) is 9.59 Å². The first kappa shape index (κ1) is 17.0. The molecule has 1 aromatic heterocycles. The minimum atomic E-state index is -0.900. The van der Waals surface area contributed by atoms with Crippen molar-refractivity contribution in [3.05, 3.63) is 59.8 Å². The summed E-state index contributed by atoms with van der Waals surface area (Å²) in [5, 5.41) is 11.9. The zero-order valence-corrected chi connectivity index (χ0v) is 13.8. The summed E-state index contributed by atoms with van der Waals surface area (Å²) in [5.74, 6) is -0.768. The summed E-state index contributed by atoms with van der Waals surface area (Å²) in [4.78, 5) is 27.5. The van der Waals surface area contributed by atoms with Gasteiger partial charge in [0.15, 0.2) is 0 Å². The molecule has 0 aliphatic heterocycles. The highest BCUT2D eigenvalue weighted by molar-refractivity contribution is 5.94. The summed E-state index contributed by atoms with van der Waals surface area (Å²) in [6.07, 6.45) is 3.71. The number of aliphatic carboxylic acids is 1. The van der Waals surface area contributed by atoms with Crippen LogP contribution in [0.4, 0.5) is 0 Å². The van der Waals surface area contributed by atoms with Gasteiger partial charge in [-0.15, -0.1) is 0 Å². The van der Waals surface area contributed by atoms with Crippen molar-refractivity contribution in [2.75, 3.05) is 0 Å². The Bertz CT molecular complexity index is 740. The predicted molar refractivity (Wildman–Crippen MR) is 91.3 cm³/mol. The number of rotatable bonds is 7. The molecule has 130 valence electrons. The molecule has 1 amide bonds. The van der Waals surface area contributed by atoms with Crippen LogP contribution in [0.3, 0.4) is 0 Å². The van der Waals surface area contributed by atoms with Gasteiger partial charge in [-0.25, -0.2) is 4.98 Å². The van der Waals surface area contributed by atoms with Gasteiger partial charge in [0, 0.05) is 12.3 Å². The molecule has 25 heavy (non-hydrogen) atoms. The van der Waals surface area contributed by atoms with E-state index in [2.05, 4.69) is 10.3 Å². The molecule has 2 N–H and O–H groups in total. The summed E-state index contributed by atoms with van der Waals surface area (Å²) in [6, 6.07) is 13.0. The molecule has 1 fully saturated rings. The molecule has 2 aromatic rings. The van der Waals surface area contributed by atoms with Crippen molar-refractivity contribution in [1.82, 2.24) is 10.3 Å². The Morgan fingerprint density at radius 1 is 1.16 bits per heavy atom. The van der Waals surface area contributed by atoms with Gasteiger partial charge in [0.05, 0.1) is 17.5 Å². The first-order chi connectivity index (χ1) is 12.1. The number of benzene rings is 1. The number of hydrogen-bond donors (Lipinski definition) is 2. The van der Waals surface area contributed by atoms with E-state index in [0.717, 1.165) is 12.0 Å². The van der Waals surface area contributed by atoms with Gasteiger partial charge in [0.1, 0.15) is 6.61 Å². The normalized spacial score (nSPS) is 15.0. The third-order valence-electron chi connectivity index (χ3n) is 4.41. The second-order valence-corrected chi connectivity index (χ2v) is 6.32. The van der Waals surface area contributed by atoms with Crippen LogP contribution in [-0.2, 0) is 11.4 Å². The van der Waals surface area contributed by atoms with E-state index in [1.807, 2.05) is 30.3 Å². The fourth-order valence-electron chi connectivity index (χ4n) is 2.88. The molecule has 1 heterocycles. The molecule has 0 radical (unpaired) electrons. The molecule has 6 nitrogen and oxygen atoms in total. The van der Waals surface area contributed by atoms with Crippen LogP contribution >= 0.6 is 0 Å². The van der Waals surface area contributed by atoms with Gasteiger partial charge in [-0.05, 0) is 30.9 Å². The molecule has 1 aliphatic rings. The van der Waals surface area contributed by atoms with Gasteiger partial charge in [-0.3, -0.25) is 9.59 Å². The lowest BCUT2D eigenvalue weighted by Gasteiger charge is -2.41. The number of nitrogens with zero attached hydrogens (tertiary/aromatic N) is 1. The first-order valence-corrected chi connectivity index (χ1v) is 8.23. The Labute approximate surface area is 145 Å². The van der Waals surface area contributed by atoms with Gasteiger partial charge in [0.25, 0.3) is 5.91 Å². The highest BCUT2D eigenvalue weighted by Gasteiger charge is 2.40. The van der Waals surface area contributed by atoms with Crippen molar-refractivity contribution in [3.63, 3.8) is 0 Å². The van der Waals surface area contributed by atoms with Crippen molar-refractivity contribution in [3.8, 4) is 5.88 Å². The highest BCUT2D eigenvalue weighted by Crippen LogP contribution is 2.35. The SMILES string of the molecule is O=C(O)CC1(NC(=O)c2ccc(OCc3ccccc3)nc2)CCC1. The van der Waals surface area contributed by atoms with Crippen molar-refractivity contribution in [2.24, 2.45) is 0 Å². The van der Waals surface area contributed by atoms with Crippen molar-refractivity contribution >= 4 is 11.9 Å². The van der Waals surface area contributed by atoms with Crippen LogP contribution in [-0.4, -0.2) is 27.5 Å². The molecule has 1 aromatic carbocycles. The Morgan fingerprint density at radius 2 is 1.92 bits per heavy atom. The van der Waals surface area contributed by atoms with Gasteiger partial charge in [-0.1, -0.05) is 30.3 Å². The van der Waals surface area contributed by atoms with E-state index in [-0.39, 0.29) is 12.3 Å². The van der Waals surface area contributed by atoms with E-state index in [1.165, 1.54) is 6.20 Å². The molecule has 0 atom stereocenters. The number of nitrogens with one attached hydrogen (secondary N) is 1. The molecular weight excluding hydrogens is 320 g/mol. The van der Waals surface area contributed by atoms with Crippen LogP contribution in [0.15, 0.2) is 48.7 Å². The van der Waals surface area contributed by atoms with Crippen LogP contribution in [0.2, 0.25) is 0 Å². The Kier molecular flexibility index (Phi) is 4.97.